The van der Waals surface area contributed by atoms with Gasteiger partial charge in [0.15, 0.2) is 5.82 Å². The Bertz CT molecular complexity index is 958. The summed E-state index contributed by atoms with van der Waals surface area (Å²) in [6, 6.07) is 9.67. The van der Waals surface area contributed by atoms with Crippen LogP contribution in [-0.4, -0.2) is 50.4 Å². The van der Waals surface area contributed by atoms with Crippen LogP contribution in [0.15, 0.2) is 41.1 Å². The second-order valence-electron chi connectivity index (χ2n) is 6.90. The third-order valence-electron chi connectivity index (χ3n) is 4.82. The Morgan fingerprint density at radius 2 is 2.18 bits per heavy atom. The van der Waals surface area contributed by atoms with E-state index in [1.807, 2.05) is 38.1 Å². The lowest BCUT2D eigenvalue weighted by molar-refractivity contribution is 0.0556. The van der Waals surface area contributed by atoms with E-state index in [9.17, 15) is 4.79 Å². The number of hydrogen-bond donors (Lipinski definition) is 0. The Labute approximate surface area is 163 Å². The highest BCUT2D eigenvalue weighted by Gasteiger charge is 2.36. The van der Waals surface area contributed by atoms with Gasteiger partial charge in [-0.05, 0) is 37.6 Å². The average Bonchev–Trinajstić information content (AvgIpc) is 3.30. The average molecular weight is 381 g/mol. The van der Waals surface area contributed by atoms with Crippen molar-refractivity contribution in [3.05, 3.63) is 59.5 Å². The van der Waals surface area contributed by atoms with E-state index in [1.165, 1.54) is 0 Å². The lowest BCUT2D eigenvalue weighted by atomic mass is 9.99. The molecule has 0 saturated carbocycles. The molecule has 1 saturated heterocycles. The maximum atomic E-state index is 12.5. The van der Waals surface area contributed by atoms with Gasteiger partial charge in [0, 0.05) is 32.3 Å². The van der Waals surface area contributed by atoms with Gasteiger partial charge in [0.25, 0.3) is 5.91 Å². The number of carbonyl (C=O) groups excluding carboxylic acids is 1. The fraction of sp³-hybridized carbons (Fsp3) is 0.400. The number of rotatable bonds is 7. The predicted molar refractivity (Wildman–Crippen MR) is 101 cm³/mol. The first-order valence-electron chi connectivity index (χ1n) is 9.47. The summed E-state index contributed by atoms with van der Waals surface area (Å²) in [6.45, 7) is 6.30. The number of benzene rings is 1. The Balaban J connectivity index is 1.27. The highest BCUT2D eigenvalue weighted by atomic mass is 16.5. The first kappa shape index (κ1) is 18.2. The van der Waals surface area contributed by atoms with E-state index in [2.05, 4.69) is 15.2 Å². The molecule has 1 aromatic carbocycles. The van der Waals surface area contributed by atoms with Crippen LogP contribution in [0.5, 0.6) is 5.75 Å². The van der Waals surface area contributed by atoms with Crippen LogP contribution in [0.4, 0.5) is 0 Å². The molecule has 2 aromatic heterocycles. The second kappa shape index (κ2) is 7.84. The maximum absolute atomic E-state index is 12.5. The van der Waals surface area contributed by atoms with E-state index >= 15 is 0 Å². The molecule has 1 aliphatic heterocycles. The number of hydrogen-bond acceptors (Lipinski definition) is 6. The predicted octanol–water partition coefficient (Wildman–Crippen LogP) is 2.46. The van der Waals surface area contributed by atoms with E-state index in [1.54, 1.807) is 21.8 Å². The first-order chi connectivity index (χ1) is 13.6. The molecule has 1 aliphatic rings. The molecule has 1 fully saturated rings. The molecule has 28 heavy (non-hydrogen) atoms. The molecule has 3 aromatic rings. The largest absolute Gasteiger partial charge is 0.493 e. The number of aromatic nitrogens is 4. The minimum absolute atomic E-state index is 0.0121. The van der Waals surface area contributed by atoms with Crippen molar-refractivity contribution in [2.45, 2.75) is 32.7 Å². The summed E-state index contributed by atoms with van der Waals surface area (Å²) >= 11 is 0. The van der Waals surface area contributed by atoms with Crippen molar-refractivity contribution < 1.29 is 14.1 Å². The molecule has 146 valence electrons. The molecule has 0 aliphatic carbocycles. The van der Waals surface area contributed by atoms with Crippen LogP contribution in [0.25, 0.3) is 0 Å². The van der Waals surface area contributed by atoms with E-state index in [-0.39, 0.29) is 11.8 Å². The van der Waals surface area contributed by atoms with Crippen LogP contribution in [0, 0.1) is 6.92 Å². The lowest BCUT2D eigenvalue weighted by Crippen LogP contribution is -2.49. The normalized spacial score (nSPS) is 14.1. The summed E-state index contributed by atoms with van der Waals surface area (Å²) in [5, 5.41) is 8.18. The van der Waals surface area contributed by atoms with Gasteiger partial charge in [0.05, 0.1) is 12.5 Å². The summed E-state index contributed by atoms with van der Waals surface area (Å²) < 4.78 is 12.8. The Morgan fingerprint density at radius 1 is 1.32 bits per heavy atom. The number of aryl methyl sites for hydroxylation is 2. The molecule has 4 rings (SSSR count). The molecule has 8 heteroatoms. The van der Waals surface area contributed by atoms with Gasteiger partial charge in [-0.2, -0.15) is 10.1 Å². The van der Waals surface area contributed by atoms with Gasteiger partial charge >= 0.3 is 0 Å². The highest BCUT2D eigenvalue weighted by molar-refractivity contribution is 5.93. The number of carbonyl (C=O) groups is 1. The van der Waals surface area contributed by atoms with Crippen LogP contribution in [0.3, 0.4) is 0 Å². The third kappa shape index (κ3) is 3.76. The van der Waals surface area contributed by atoms with Crippen molar-refractivity contribution in [3.8, 4) is 5.75 Å². The topological polar surface area (TPSA) is 86.3 Å². The number of nitrogens with zero attached hydrogens (tertiary/aromatic N) is 5. The van der Waals surface area contributed by atoms with Crippen molar-refractivity contribution in [3.63, 3.8) is 0 Å². The van der Waals surface area contributed by atoms with Crippen molar-refractivity contribution in [2.24, 2.45) is 0 Å². The van der Waals surface area contributed by atoms with Gasteiger partial charge in [0.1, 0.15) is 11.4 Å². The van der Waals surface area contributed by atoms with Crippen LogP contribution in [0.1, 0.15) is 40.6 Å². The SMILES string of the molecule is CCn1nccc1C(=O)N1CC(c2nc(CCOc3cccc(C)c3)no2)C1. The zero-order chi connectivity index (χ0) is 19.5. The summed E-state index contributed by atoms with van der Waals surface area (Å²) in [5.41, 5.74) is 1.77. The smallest absolute Gasteiger partial charge is 0.272 e. The van der Waals surface area contributed by atoms with Gasteiger partial charge in [-0.25, -0.2) is 0 Å². The molecule has 0 atom stereocenters. The Kier molecular flexibility index (Phi) is 5.10. The number of amides is 1. The lowest BCUT2D eigenvalue weighted by Gasteiger charge is -2.36. The number of likely N-dealkylation sites (tertiary alicyclic amines) is 1. The molecule has 8 nitrogen and oxygen atoms in total. The molecule has 0 unspecified atom stereocenters. The van der Waals surface area contributed by atoms with Gasteiger partial charge in [0.2, 0.25) is 5.89 Å². The summed E-state index contributed by atoms with van der Waals surface area (Å²) in [6.07, 6.45) is 2.22. The fourth-order valence-corrected chi connectivity index (χ4v) is 3.23. The Morgan fingerprint density at radius 3 is 2.96 bits per heavy atom. The minimum Gasteiger partial charge on any atom is -0.493 e. The molecular weight excluding hydrogens is 358 g/mol. The van der Waals surface area contributed by atoms with Crippen molar-refractivity contribution in [1.29, 1.82) is 0 Å². The van der Waals surface area contributed by atoms with E-state index < -0.39 is 0 Å². The van der Waals surface area contributed by atoms with E-state index in [0.29, 0.717) is 50.1 Å². The molecule has 3 heterocycles. The van der Waals surface area contributed by atoms with Crippen LogP contribution < -0.4 is 4.74 Å². The maximum Gasteiger partial charge on any atom is 0.272 e. The number of ether oxygens (including phenoxy) is 1. The molecule has 0 bridgehead atoms. The first-order valence-corrected chi connectivity index (χ1v) is 9.47. The minimum atomic E-state index is -0.0121. The van der Waals surface area contributed by atoms with Gasteiger partial charge < -0.3 is 14.2 Å². The third-order valence-corrected chi connectivity index (χ3v) is 4.82. The van der Waals surface area contributed by atoms with Crippen molar-refractivity contribution in [1.82, 2.24) is 24.8 Å². The molecule has 0 N–H and O–H groups in total. The summed E-state index contributed by atoms with van der Waals surface area (Å²) in [5.74, 6) is 2.11. The quantitative estimate of drug-likeness (QED) is 0.625. The fourth-order valence-electron chi connectivity index (χ4n) is 3.23. The summed E-state index contributed by atoms with van der Waals surface area (Å²) in [7, 11) is 0. The summed E-state index contributed by atoms with van der Waals surface area (Å²) in [4.78, 5) is 18.8. The van der Waals surface area contributed by atoms with Crippen LogP contribution in [-0.2, 0) is 13.0 Å². The van der Waals surface area contributed by atoms with Crippen molar-refractivity contribution >= 4 is 5.91 Å². The standard InChI is InChI=1S/C20H23N5O3/c1-3-25-17(7-9-21-25)20(26)24-12-15(13-24)19-22-18(23-28-19)8-10-27-16-6-4-5-14(2)11-16/h4-7,9,11,15H,3,8,10,12-13H2,1-2H3. The zero-order valence-electron chi connectivity index (χ0n) is 16.0. The highest BCUT2D eigenvalue weighted by Crippen LogP contribution is 2.27. The molecular formula is C20H23N5O3. The molecule has 0 radical (unpaired) electrons. The molecule has 0 spiro atoms. The monoisotopic (exact) mass is 381 g/mol. The van der Waals surface area contributed by atoms with E-state index in [4.69, 9.17) is 9.26 Å². The van der Waals surface area contributed by atoms with Crippen molar-refractivity contribution in [2.75, 3.05) is 19.7 Å². The van der Waals surface area contributed by atoms with E-state index in [0.717, 1.165) is 11.3 Å². The Hall–Kier alpha value is -3.16. The zero-order valence-corrected chi connectivity index (χ0v) is 16.0. The van der Waals surface area contributed by atoms with Crippen LogP contribution in [0.2, 0.25) is 0 Å². The van der Waals surface area contributed by atoms with Gasteiger partial charge in [-0.3, -0.25) is 9.48 Å². The second-order valence-corrected chi connectivity index (χ2v) is 6.90. The van der Waals surface area contributed by atoms with Crippen LogP contribution >= 0.6 is 0 Å². The van der Waals surface area contributed by atoms with Gasteiger partial charge in [-0.1, -0.05) is 17.3 Å². The molecule has 1 amide bonds. The van der Waals surface area contributed by atoms with Gasteiger partial charge in [-0.15, -0.1) is 0 Å².